The molecule has 0 amide bonds. The molecule has 0 aliphatic heterocycles. The van der Waals surface area contributed by atoms with E-state index in [9.17, 15) is 10.2 Å². The first-order valence-corrected chi connectivity index (χ1v) is 14.4. The Balaban J connectivity index is 0.000000157. The van der Waals surface area contributed by atoms with Gasteiger partial charge < -0.3 is 20.8 Å². The molecule has 2 heterocycles. The summed E-state index contributed by atoms with van der Waals surface area (Å²) in [6.07, 6.45) is 3.69. The van der Waals surface area contributed by atoms with Crippen molar-refractivity contribution in [3.05, 3.63) is 144 Å². The maximum atomic E-state index is 9.41. The molecule has 7 heteroatoms. The van der Waals surface area contributed by atoms with Crippen molar-refractivity contribution in [2.45, 2.75) is 0 Å². The lowest BCUT2D eigenvalue weighted by molar-refractivity contribution is 0.475. The number of rotatable bonds is 5. The van der Waals surface area contributed by atoms with Gasteiger partial charge in [0.15, 0.2) is 0 Å². The Morgan fingerprint density at radius 1 is 0.465 bits per heavy atom. The van der Waals surface area contributed by atoms with Gasteiger partial charge in [-0.15, -0.1) is 0 Å². The van der Waals surface area contributed by atoms with Crippen LogP contribution in [-0.4, -0.2) is 20.2 Å². The molecule has 0 saturated heterocycles. The molecule has 210 valence electrons. The van der Waals surface area contributed by atoms with E-state index in [2.05, 4.69) is 60.8 Å². The predicted molar refractivity (Wildman–Crippen MR) is 179 cm³/mol. The van der Waals surface area contributed by atoms with Gasteiger partial charge in [-0.1, -0.05) is 78.9 Å². The molecule has 0 bridgehead atoms. The highest BCUT2D eigenvalue weighted by atomic mass is 79.9. The molecule has 7 rings (SSSR count). The van der Waals surface area contributed by atoms with Gasteiger partial charge in [0.2, 0.25) is 0 Å². The number of pyridine rings is 2. The van der Waals surface area contributed by atoms with Gasteiger partial charge in [-0.05, 0) is 75.4 Å². The van der Waals surface area contributed by atoms with Gasteiger partial charge >= 0.3 is 0 Å². The number of hydrogen-bond donors (Lipinski definition) is 4. The van der Waals surface area contributed by atoms with E-state index in [1.807, 2.05) is 85.1 Å². The summed E-state index contributed by atoms with van der Waals surface area (Å²) < 4.78 is 0.972. The molecule has 43 heavy (non-hydrogen) atoms. The number of phenolic OH excluding ortho intramolecular Hbond substituents is 2. The Bertz CT molecular complexity index is 2000. The van der Waals surface area contributed by atoms with Crippen LogP contribution < -0.4 is 10.6 Å². The number of nitrogens with zero attached hydrogens (tertiary/aromatic N) is 2. The molecular formula is C36H27BrN4O2. The quantitative estimate of drug-likeness (QED) is 0.142. The molecule has 0 aliphatic rings. The zero-order chi connectivity index (χ0) is 29.6. The van der Waals surface area contributed by atoms with E-state index in [-0.39, 0.29) is 11.5 Å². The number of aromatic nitrogens is 2. The van der Waals surface area contributed by atoms with Gasteiger partial charge in [0.05, 0.1) is 0 Å². The second-order valence-electron chi connectivity index (χ2n) is 9.78. The highest BCUT2D eigenvalue weighted by Gasteiger charge is 2.09. The zero-order valence-corrected chi connectivity index (χ0v) is 24.5. The van der Waals surface area contributed by atoms with E-state index in [4.69, 9.17) is 0 Å². The fourth-order valence-corrected chi connectivity index (χ4v) is 5.21. The Morgan fingerprint density at radius 2 is 0.907 bits per heavy atom. The Labute approximate surface area is 257 Å². The summed E-state index contributed by atoms with van der Waals surface area (Å²) in [4.78, 5) is 9.03. The molecule has 4 N–H and O–H groups in total. The van der Waals surface area contributed by atoms with Crippen LogP contribution >= 0.6 is 15.9 Å². The fourth-order valence-electron chi connectivity index (χ4n) is 4.76. The standard InChI is InChI=1S/C21H16N2O.C15H11BrN2O/c24-17-12-10-16(11-13-17)23-21-19-9-5-4-8-18(19)20(14-22-21)15-6-2-1-3-7-15;16-14-9-17-15(13-4-2-1-3-12(13)14)18-10-5-7-11(19)8-6-10/h1-14,24H,(H,22,23);1-9,19H,(H,17,18). The molecule has 5 aromatic carbocycles. The average Bonchev–Trinajstić information content (AvgIpc) is 3.05. The summed E-state index contributed by atoms with van der Waals surface area (Å²) >= 11 is 3.50. The van der Waals surface area contributed by atoms with Crippen LogP contribution in [0.4, 0.5) is 23.0 Å². The van der Waals surface area contributed by atoms with E-state index in [0.717, 1.165) is 60.2 Å². The van der Waals surface area contributed by atoms with Crippen LogP contribution in [0.2, 0.25) is 0 Å². The number of hydrogen-bond acceptors (Lipinski definition) is 6. The highest BCUT2D eigenvalue weighted by Crippen LogP contribution is 2.33. The van der Waals surface area contributed by atoms with Gasteiger partial charge in [0, 0.05) is 50.0 Å². The average molecular weight is 628 g/mol. The largest absolute Gasteiger partial charge is 0.508 e. The summed E-state index contributed by atoms with van der Waals surface area (Å²) in [7, 11) is 0. The van der Waals surface area contributed by atoms with E-state index in [0.29, 0.717) is 0 Å². The van der Waals surface area contributed by atoms with Crippen LogP contribution in [0.25, 0.3) is 32.7 Å². The summed E-state index contributed by atoms with van der Waals surface area (Å²) in [5.74, 6) is 2.09. The Kier molecular flexibility index (Phi) is 8.15. The van der Waals surface area contributed by atoms with E-state index in [1.165, 1.54) is 0 Å². The summed E-state index contributed by atoms with van der Waals surface area (Å²) in [5.41, 5.74) is 4.04. The van der Waals surface area contributed by atoms with Crippen molar-refractivity contribution in [2.24, 2.45) is 0 Å². The first kappa shape index (κ1) is 27.8. The van der Waals surface area contributed by atoms with Gasteiger partial charge in [0.1, 0.15) is 23.1 Å². The van der Waals surface area contributed by atoms with Crippen molar-refractivity contribution >= 4 is 60.5 Å². The third-order valence-corrected chi connectivity index (χ3v) is 7.52. The minimum absolute atomic E-state index is 0.248. The number of anilines is 4. The highest BCUT2D eigenvalue weighted by molar-refractivity contribution is 9.10. The second kappa shape index (κ2) is 12.6. The minimum Gasteiger partial charge on any atom is -0.508 e. The number of aromatic hydroxyl groups is 2. The molecule has 0 saturated carbocycles. The van der Waals surface area contributed by atoms with Crippen LogP contribution in [0.15, 0.2) is 144 Å². The van der Waals surface area contributed by atoms with Crippen molar-refractivity contribution in [1.82, 2.24) is 9.97 Å². The molecular weight excluding hydrogens is 600 g/mol. The van der Waals surface area contributed by atoms with Gasteiger partial charge in [-0.25, -0.2) is 9.97 Å². The normalized spacial score (nSPS) is 10.6. The maximum absolute atomic E-state index is 9.41. The zero-order valence-electron chi connectivity index (χ0n) is 22.9. The molecule has 6 nitrogen and oxygen atoms in total. The molecule has 0 fully saturated rings. The van der Waals surface area contributed by atoms with Crippen molar-refractivity contribution < 1.29 is 10.2 Å². The van der Waals surface area contributed by atoms with Crippen LogP contribution in [0.1, 0.15) is 0 Å². The lowest BCUT2D eigenvalue weighted by Crippen LogP contribution is -1.95. The molecule has 0 atom stereocenters. The number of benzene rings is 5. The van der Waals surface area contributed by atoms with E-state index in [1.54, 1.807) is 30.5 Å². The van der Waals surface area contributed by atoms with Crippen molar-refractivity contribution in [2.75, 3.05) is 10.6 Å². The van der Waals surface area contributed by atoms with Crippen LogP contribution in [0, 0.1) is 0 Å². The number of fused-ring (bicyclic) bond motifs is 2. The van der Waals surface area contributed by atoms with Crippen molar-refractivity contribution in [3.8, 4) is 22.6 Å². The van der Waals surface area contributed by atoms with E-state index < -0.39 is 0 Å². The molecule has 0 spiro atoms. The third-order valence-electron chi connectivity index (χ3n) is 6.89. The first-order valence-electron chi connectivity index (χ1n) is 13.6. The Hall–Kier alpha value is -5.40. The summed E-state index contributed by atoms with van der Waals surface area (Å²) in [5, 5.41) is 29.7. The molecule has 0 unspecified atom stereocenters. The van der Waals surface area contributed by atoms with Crippen LogP contribution in [0.3, 0.4) is 0 Å². The smallest absolute Gasteiger partial charge is 0.138 e. The molecule has 7 aromatic rings. The van der Waals surface area contributed by atoms with Crippen molar-refractivity contribution in [3.63, 3.8) is 0 Å². The summed E-state index contributed by atoms with van der Waals surface area (Å²) in [6, 6.07) is 40.4. The molecule has 0 aliphatic carbocycles. The fraction of sp³-hybridized carbons (Fsp3) is 0. The second-order valence-corrected chi connectivity index (χ2v) is 10.6. The van der Waals surface area contributed by atoms with Gasteiger partial charge in [-0.3, -0.25) is 0 Å². The third kappa shape index (κ3) is 6.42. The lowest BCUT2D eigenvalue weighted by Gasteiger charge is -2.12. The summed E-state index contributed by atoms with van der Waals surface area (Å²) in [6.45, 7) is 0. The molecule has 2 aromatic heterocycles. The monoisotopic (exact) mass is 626 g/mol. The minimum atomic E-state index is 0.248. The van der Waals surface area contributed by atoms with Crippen LogP contribution in [0.5, 0.6) is 11.5 Å². The number of phenols is 2. The van der Waals surface area contributed by atoms with Gasteiger partial charge in [0.25, 0.3) is 0 Å². The molecule has 0 radical (unpaired) electrons. The first-order chi connectivity index (χ1) is 21.0. The SMILES string of the molecule is Oc1ccc(Nc2ncc(-c3ccccc3)c3ccccc23)cc1.Oc1ccc(Nc2ncc(Br)c3ccccc23)cc1. The number of halogens is 1. The maximum Gasteiger partial charge on any atom is 0.138 e. The number of nitrogens with one attached hydrogen (secondary N) is 2. The lowest BCUT2D eigenvalue weighted by atomic mass is 10.0. The van der Waals surface area contributed by atoms with Crippen LogP contribution in [-0.2, 0) is 0 Å². The van der Waals surface area contributed by atoms with Crippen molar-refractivity contribution in [1.29, 1.82) is 0 Å². The predicted octanol–water partition coefficient (Wildman–Crippen LogP) is 9.80. The van der Waals surface area contributed by atoms with E-state index >= 15 is 0 Å². The topological polar surface area (TPSA) is 90.3 Å². The van der Waals surface area contributed by atoms with Gasteiger partial charge in [-0.2, -0.15) is 0 Å². The Morgan fingerprint density at radius 3 is 1.47 bits per heavy atom.